The lowest BCUT2D eigenvalue weighted by molar-refractivity contribution is 0.0185. The fourth-order valence-electron chi connectivity index (χ4n) is 3.26. The number of aryl methyl sites for hydroxylation is 1. The Morgan fingerprint density at radius 3 is 2.42 bits per heavy atom. The summed E-state index contributed by atoms with van der Waals surface area (Å²) in [7, 11) is 0. The number of guanidine groups is 1. The number of carbonyl (C=O) groups is 1. The van der Waals surface area contributed by atoms with Crippen LogP contribution < -0.4 is 10.6 Å². The van der Waals surface area contributed by atoms with Crippen LogP contribution in [0.15, 0.2) is 21.5 Å². The highest BCUT2D eigenvalue weighted by Gasteiger charge is 2.28. The average Bonchev–Trinajstić information content (AvgIpc) is 3.10. The van der Waals surface area contributed by atoms with E-state index in [-0.39, 0.29) is 36.6 Å². The van der Waals surface area contributed by atoms with Crippen molar-refractivity contribution < 1.29 is 19.1 Å². The molecule has 1 fully saturated rings. The predicted molar refractivity (Wildman–Crippen MR) is 133 cm³/mol. The SMILES string of the molecule is CCNC(=NCC(C)(O)c1ccc(C)o1)NCC1CCN(C(=O)OC(C)(C)C)CC1.I. The van der Waals surface area contributed by atoms with Gasteiger partial charge in [-0.3, -0.25) is 0 Å². The van der Waals surface area contributed by atoms with E-state index in [2.05, 4.69) is 15.6 Å². The molecule has 1 aromatic heterocycles. The summed E-state index contributed by atoms with van der Waals surface area (Å²) in [6.07, 6.45) is 1.59. The number of carbonyl (C=O) groups excluding carboxylic acids is 1. The minimum Gasteiger partial charge on any atom is -0.463 e. The maximum atomic E-state index is 12.2. The van der Waals surface area contributed by atoms with Gasteiger partial charge in [0.15, 0.2) is 5.96 Å². The van der Waals surface area contributed by atoms with Gasteiger partial charge in [-0.1, -0.05) is 0 Å². The first-order valence-corrected chi connectivity index (χ1v) is 10.8. The Labute approximate surface area is 203 Å². The van der Waals surface area contributed by atoms with Crippen LogP contribution in [-0.2, 0) is 10.3 Å². The number of likely N-dealkylation sites (tertiary alicyclic amines) is 1. The second-order valence-corrected chi connectivity index (χ2v) is 9.17. The maximum absolute atomic E-state index is 12.2. The van der Waals surface area contributed by atoms with Gasteiger partial charge < -0.3 is 29.8 Å². The Balaban J connectivity index is 0.00000480. The Hall–Kier alpha value is -1.49. The number of halogens is 1. The van der Waals surface area contributed by atoms with E-state index in [4.69, 9.17) is 9.15 Å². The summed E-state index contributed by atoms with van der Waals surface area (Å²) in [4.78, 5) is 18.5. The molecule has 0 radical (unpaired) electrons. The Kier molecular flexibility index (Phi) is 10.6. The molecule has 0 spiro atoms. The maximum Gasteiger partial charge on any atom is 0.410 e. The molecule has 178 valence electrons. The van der Waals surface area contributed by atoms with E-state index >= 15 is 0 Å². The lowest BCUT2D eigenvalue weighted by Crippen LogP contribution is -2.45. The zero-order valence-corrected chi connectivity index (χ0v) is 22.0. The number of furan rings is 1. The van der Waals surface area contributed by atoms with Gasteiger partial charge in [0, 0.05) is 26.2 Å². The van der Waals surface area contributed by atoms with E-state index in [1.165, 1.54) is 0 Å². The molecule has 0 aromatic carbocycles. The number of ether oxygens (including phenoxy) is 1. The lowest BCUT2D eigenvalue weighted by atomic mass is 9.97. The molecule has 1 amide bonds. The standard InChI is InChI=1S/C22H38N4O4.HI/c1-7-23-19(25-15-22(6,28)18-9-8-16(2)29-18)24-14-17-10-12-26(13-11-17)20(27)30-21(3,4)5;/h8-9,17,28H,7,10-15H2,1-6H3,(H2,23,24,25);1H. The monoisotopic (exact) mass is 550 g/mol. The molecule has 1 saturated heterocycles. The van der Waals surface area contributed by atoms with Gasteiger partial charge in [0.1, 0.15) is 22.7 Å². The van der Waals surface area contributed by atoms with Crippen LogP contribution in [0.1, 0.15) is 59.0 Å². The molecular formula is C22H39IN4O4. The summed E-state index contributed by atoms with van der Waals surface area (Å²) in [6, 6.07) is 3.62. The number of piperidine rings is 1. The van der Waals surface area contributed by atoms with Gasteiger partial charge >= 0.3 is 6.09 Å². The van der Waals surface area contributed by atoms with Crippen LogP contribution in [0.25, 0.3) is 0 Å². The molecule has 9 heteroatoms. The van der Waals surface area contributed by atoms with E-state index in [9.17, 15) is 9.90 Å². The van der Waals surface area contributed by atoms with Crippen molar-refractivity contribution in [3.8, 4) is 0 Å². The van der Waals surface area contributed by atoms with Crippen LogP contribution in [0.4, 0.5) is 4.79 Å². The number of hydrogen-bond acceptors (Lipinski definition) is 5. The van der Waals surface area contributed by atoms with Gasteiger partial charge in [-0.15, -0.1) is 24.0 Å². The number of aliphatic hydroxyl groups is 1. The minimum atomic E-state index is -1.17. The van der Waals surface area contributed by atoms with Gasteiger partial charge in [0.25, 0.3) is 0 Å². The molecular weight excluding hydrogens is 511 g/mol. The third-order valence-electron chi connectivity index (χ3n) is 4.98. The van der Waals surface area contributed by atoms with Crippen molar-refractivity contribution in [3.05, 3.63) is 23.7 Å². The Morgan fingerprint density at radius 2 is 1.90 bits per heavy atom. The molecule has 1 atom stereocenters. The van der Waals surface area contributed by atoms with E-state index < -0.39 is 11.2 Å². The third kappa shape index (κ3) is 9.26. The van der Waals surface area contributed by atoms with Gasteiger partial charge in [-0.05, 0) is 72.4 Å². The molecule has 3 N–H and O–H groups in total. The highest BCUT2D eigenvalue weighted by molar-refractivity contribution is 14.0. The fourth-order valence-corrected chi connectivity index (χ4v) is 3.26. The third-order valence-corrected chi connectivity index (χ3v) is 4.98. The summed E-state index contributed by atoms with van der Waals surface area (Å²) in [5.41, 5.74) is -1.64. The number of nitrogens with zero attached hydrogens (tertiary/aromatic N) is 2. The average molecular weight is 550 g/mol. The van der Waals surface area contributed by atoms with E-state index in [0.29, 0.717) is 30.7 Å². The molecule has 1 aromatic rings. The second kappa shape index (κ2) is 11.9. The van der Waals surface area contributed by atoms with Crippen LogP contribution in [0.2, 0.25) is 0 Å². The summed E-state index contributed by atoms with van der Waals surface area (Å²) in [5.74, 6) is 2.38. The molecule has 0 aliphatic carbocycles. The normalized spacial score (nSPS) is 17.5. The van der Waals surface area contributed by atoms with Crippen molar-refractivity contribution in [2.24, 2.45) is 10.9 Å². The number of amides is 1. The summed E-state index contributed by atoms with van der Waals surface area (Å²) < 4.78 is 11.0. The lowest BCUT2D eigenvalue weighted by Gasteiger charge is -2.33. The quantitative estimate of drug-likeness (QED) is 0.285. The van der Waals surface area contributed by atoms with Gasteiger partial charge in [-0.2, -0.15) is 0 Å². The number of nitrogens with one attached hydrogen (secondary N) is 2. The molecule has 31 heavy (non-hydrogen) atoms. The molecule has 0 saturated carbocycles. The van der Waals surface area contributed by atoms with Crippen molar-refractivity contribution in [3.63, 3.8) is 0 Å². The zero-order valence-electron chi connectivity index (χ0n) is 19.7. The molecule has 8 nitrogen and oxygen atoms in total. The first-order valence-electron chi connectivity index (χ1n) is 10.8. The largest absolute Gasteiger partial charge is 0.463 e. The molecule has 1 aliphatic heterocycles. The van der Waals surface area contributed by atoms with E-state index in [1.807, 2.05) is 40.7 Å². The predicted octanol–water partition coefficient (Wildman–Crippen LogP) is 3.62. The fraction of sp³-hybridized carbons (Fsp3) is 0.727. The van der Waals surface area contributed by atoms with Crippen molar-refractivity contribution in [2.45, 2.75) is 65.6 Å². The summed E-state index contributed by atoms with van der Waals surface area (Å²) in [6.45, 7) is 14.3. The highest BCUT2D eigenvalue weighted by atomic mass is 127. The van der Waals surface area contributed by atoms with Crippen LogP contribution in [0, 0.1) is 12.8 Å². The topological polar surface area (TPSA) is 99.3 Å². The molecule has 2 heterocycles. The van der Waals surface area contributed by atoms with Crippen LogP contribution in [0.3, 0.4) is 0 Å². The van der Waals surface area contributed by atoms with Crippen molar-refractivity contribution in [2.75, 3.05) is 32.7 Å². The first kappa shape index (κ1) is 27.5. The van der Waals surface area contributed by atoms with Crippen LogP contribution in [-0.4, -0.2) is 60.4 Å². The molecule has 1 aliphatic rings. The van der Waals surface area contributed by atoms with E-state index in [1.54, 1.807) is 17.9 Å². The minimum absolute atomic E-state index is 0. The first-order chi connectivity index (χ1) is 14.0. The van der Waals surface area contributed by atoms with Crippen LogP contribution in [0.5, 0.6) is 0 Å². The van der Waals surface area contributed by atoms with Crippen molar-refractivity contribution in [1.82, 2.24) is 15.5 Å². The molecule has 0 bridgehead atoms. The molecule has 2 rings (SSSR count). The number of aliphatic imine (C=N–C) groups is 1. The summed E-state index contributed by atoms with van der Waals surface area (Å²) in [5, 5.41) is 17.3. The van der Waals surface area contributed by atoms with Gasteiger partial charge in [-0.25, -0.2) is 9.79 Å². The Bertz CT molecular complexity index is 719. The highest BCUT2D eigenvalue weighted by Crippen LogP contribution is 2.23. The summed E-state index contributed by atoms with van der Waals surface area (Å²) >= 11 is 0. The van der Waals surface area contributed by atoms with Crippen LogP contribution >= 0.6 is 24.0 Å². The number of rotatable bonds is 6. The second-order valence-electron chi connectivity index (χ2n) is 9.17. The number of hydrogen-bond donors (Lipinski definition) is 3. The van der Waals surface area contributed by atoms with Gasteiger partial charge in [0.2, 0.25) is 0 Å². The van der Waals surface area contributed by atoms with E-state index in [0.717, 1.165) is 31.7 Å². The van der Waals surface area contributed by atoms with Gasteiger partial charge in [0.05, 0.1) is 6.54 Å². The molecule has 1 unspecified atom stereocenters. The van der Waals surface area contributed by atoms with Crippen molar-refractivity contribution in [1.29, 1.82) is 0 Å². The zero-order chi connectivity index (χ0) is 22.4. The smallest absolute Gasteiger partial charge is 0.410 e. The van der Waals surface area contributed by atoms with Crippen molar-refractivity contribution >= 4 is 36.0 Å². The Morgan fingerprint density at radius 1 is 1.26 bits per heavy atom.